The number of ether oxygens (including phenoxy) is 3. The number of benzene rings is 1. The quantitative estimate of drug-likeness (QED) is 0.472. The van der Waals surface area contributed by atoms with Crippen molar-refractivity contribution in [2.45, 2.75) is 114 Å². The van der Waals surface area contributed by atoms with Crippen LogP contribution >= 0.6 is 0 Å². The SMILES string of the molecule is CC(=O)O[C@H]1O[C@@H]([C@@H](C)c2ccc3c(c2)CC[C@H]2[C@H]3C[C@@H]3O[C@@]34CC=CC(=O)[C@]24C)C[C@](C)(O)[C@@]1(C)O. The number of carbonyl (C=O) groups is 2. The highest BCUT2D eigenvalue weighted by Crippen LogP contribution is 2.69. The second-order valence-corrected chi connectivity index (χ2v) is 12.6. The molecule has 0 aromatic heterocycles. The topological polar surface area (TPSA) is 106 Å². The first kappa shape index (κ1) is 25.2. The smallest absolute Gasteiger partial charge is 0.305 e. The predicted octanol–water partition coefficient (Wildman–Crippen LogP) is 3.69. The lowest BCUT2D eigenvalue weighted by atomic mass is 9.49. The number of hydrogen-bond donors (Lipinski definition) is 2. The number of ketones is 1. The van der Waals surface area contributed by atoms with Gasteiger partial charge in [0.2, 0.25) is 6.29 Å². The molecule has 5 aliphatic rings. The molecule has 1 spiro atoms. The Balaban J connectivity index is 1.27. The van der Waals surface area contributed by atoms with E-state index < -0.39 is 35.0 Å². The van der Waals surface area contributed by atoms with Crippen molar-refractivity contribution >= 4 is 11.8 Å². The number of esters is 1. The fourth-order valence-corrected chi connectivity index (χ4v) is 7.95. The van der Waals surface area contributed by atoms with Crippen molar-refractivity contribution in [3.8, 4) is 0 Å². The zero-order valence-electron chi connectivity index (χ0n) is 22.3. The molecule has 7 heteroatoms. The second-order valence-electron chi connectivity index (χ2n) is 12.6. The Bertz CT molecular complexity index is 1180. The summed E-state index contributed by atoms with van der Waals surface area (Å²) < 4.78 is 17.6. The van der Waals surface area contributed by atoms with Gasteiger partial charge < -0.3 is 24.4 Å². The molecule has 2 heterocycles. The molecule has 1 aromatic rings. The number of epoxide rings is 1. The molecule has 3 aliphatic carbocycles. The molecule has 200 valence electrons. The van der Waals surface area contributed by atoms with Crippen LogP contribution in [0, 0.1) is 11.3 Å². The number of aryl methyl sites for hydroxylation is 1. The minimum atomic E-state index is -1.73. The Kier molecular flexibility index (Phi) is 5.44. The van der Waals surface area contributed by atoms with Gasteiger partial charge in [-0.25, -0.2) is 0 Å². The Hall–Kier alpha value is -2.06. The van der Waals surface area contributed by atoms with Gasteiger partial charge >= 0.3 is 5.97 Å². The minimum Gasteiger partial charge on any atom is -0.433 e. The Morgan fingerprint density at radius 3 is 2.70 bits per heavy atom. The normalized spacial score (nSPS) is 46.7. The summed E-state index contributed by atoms with van der Waals surface area (Å²) in [4.78, 5) is 24.9. The fraction of sp³-hybridized carbons (Fsp3) is 0.667. The van der Waals surface area contributed by atoms with Crippen molar-refractivity contribution in [3.63, 3.8) is 0 Å². The van der Waals surface area contributed by atoms with Crippen LogP contribution < -0.4 is 0 Å². The van der Waals surface area contributed by atoms with E-state index in [0.29, 0.717) is 5.92 Å². The lowest BCUT2D eigenvalue weighted by molar-refractivity contribution is -0.324. The third-order valence-corrected chi connectivity index (χ3v) is 10.7. The van der Waals surface area contributed by atoms with Crippen LogP contribution in [0.4, 0.5) is 0 Å². The maximum absolute atomic E-state index is 13.2. The van der Waals surface area contributed by atoms with E-state index >= 15 is 0 Å². The van der Waals surface area contributed by atoms with Crippen LogP contribution in [0.2, 0.25) is 0 Å². The van der Waals surface area contributed by atoms with Gasteiger partial charge in [0.15, 0.2) is 11.4 Å². The third-order valence-electron chi connectivity index (χ3n) is 10.7. The molecule has 6 rings (SSSR count). The van der Waals surface area contributed by atoms with Gasteiger partial charge in [-0.1, -0.05) is 31.2 Å². The Morgan fingerprint density at radius 2 is 1.97 bits per heavy atom. The molecule has 1 saturated carbocycles. The van der Waals surface area contributed by atoms with Gasteiger partial charge in [0, 0.05) is 19.3 Å². The zero-order chi connectivity index (χ0) is 26.5. The van der Waals surface area contributed by atoms with Crippen molar-refractivity contribution < 1.29 is 34.0 Å². The molecule has 0 unspecified atom stereocenters. The maximum Gasteiger partial charge on any atom is 0.305 e. The molecule has 37 heavy (non-hydrogen) atoms. The van der Waals surface area contributed by atoms with Crippen LogP contribution in [0.5, 0.6) is 0 Å². The molecule has 10 atom stereocenters. The van der Waals surface area contributed by atoms with E-state index in [9.17, 15) is 19.8 Å². The first-order chi connectivity index (χ1) is 17.3. The second kappa shape index (κ2) is 7.98. The van der Waals surface area contributed by atoms with Crippen molar-refractivity contribution in [1.29, 1.82) is 0 Å². The number of allylic oxidation sites excluding steroid dienone is 1. The van der Waals surface area contributed by atoms with Crippen molar-refractivity contribution in [1.82, 2.24) is 0 Å². The summed E-state index contributed by atoms with van der Waals surface area (Å²) in [7, 11) is 0. The van der Waals surface area contributed by atoms with Gasteiger partial charge in [-0.2, -0.15) is 0 Å². The van der Waals surface area contributed by atoms with Crippen LogP contribution in [-0.2, 0) is 30.2 Å². The van der Waals surface area contributed by atoms with Crippen LogP contribution in [0.25, 0.3) is 0 Å². The third kappa shape index (κ3) is 3.40. The summed E-state index contributed by atoms with van der Waals surface area (Å²) in [6.07, 6.45) is 6.04. The molecule has 2 saturated heterocycles. The maximum atomic E-state index is 13.2. The molecule has 2 N–H and O–H groups in total. The van der Waals surface area contributed by atoms with E-state index in [2.05, 4.69) is 25.1 Å². The summed E-state index contributed by atoms with van der Waals surface area (Å²) in [5, 5.41) is 22.0. The largest absolute Gasteiger partial charge is 0.433 e. The monoisotopic (exact) mass is 510 g/mol. The molecular weight excluding hydrogens is 472 g/mol. The van der Waals surface area contributed by atoms with E-state index in [0.717, 1.165) is 31.2 Å². The number of carbonyl (C=O) groups excluding carboxylic acids is 2. The van der Waals surface area contributed by atoms with Gasteiger partial charge in [0.1, 0.15) is 5.60 Å². The van der Waals surface area contributed by atoms with Crippen molar-refractivity contribution in [3.05, 3.63) is 47.0 Å². The number of rotatable bonds is 3. The Morgan fingerprint density at radius 1 is 1.22 bits per heavy atom. The Labute approximate surface area is 218 Å². The molecule has 0 bridgehead atoms. The summed E-state index contributed by atoms with van der Waals surface area (Å²) in [5.41, 5.74) is -0.311. The van der Waals surface area contributed by atoms with Gasteiger partial charge in [0.25, 0.3) is 0 Å². The summed E-state index contributed by atoms with van der Waals surface area (Å²) in [6.45, 7) is 8.44. The highest BCUT2D eigenvalue weighted by Gasteiger charge is 2.75. The number of aliphatic hydroxyl groups is 2. The van der Waals surface area contributed by atoms with Gasteiger partial charge in [-0.15, -0.1) is 0 Å². The number of hydrogen-bond acceptors (Lipinski definition) is 7. The molecule has 2 aliphatic heterocycles. The first-order valence-corrected chi connectivity index (χ1v) is 13.6. The fourth-order valence-electron chi connectivity index (χ4n) is 7.95. The molecule has 0 radical (unpaired) electrons. The highest BCUT2D eigenvalue weighted by molar-refractivity contribution is 5.98. The van der Waals surface area contributed by atoms with E-state index in [1.165, 1.54) is 25.0 Å². The molecule has 1 aromatic carbocycles. The highest BCUT2D eigenvalue weighted by atomic mass is 16.7. The lowest BCUT2D eigenvalue weighted by Crippen LogP contribution is -2.65. The lowest BCUT2D eigenvalue weighted by Gasteiger charge is -2.51. The van der Waals surface area contributed by atoms with Crippen LogP contribution in [0.15, 0.2) is 30.4 Å². The summed E-state index contributed by atoms with van der Waals surface area (Å²) in [6, 6.07) is 6.57. The zero-order valence-corrected chi connectivity index (χ0v) is 22.3. The number of fused-ring (bicyclic) bond motifs is 4. The average molecular weight is 511 g/mol. The molecule has 7 nitrogen and oxygen atoms in total. The van der Waals surface area contributed by atoms with Crippen LogP contribution in [0.3, 0.4) is 0 Å². The standard InChI is InChI=1S/C30H38O7/c1-16(23-15-27(3,33)29(5,34)26(36-23)35-17(2)31)18-8-10-20-19(13-18)9-11-22-21(20)14-25-30(37-25)12-6-7-24(32)28(22,30)4/h6-8,10,13,16,21-23,25-26,33-34H,9,11-12,14-15H2,1-5H3/t16-,21-,22-,23+,25-,26-,27-,28-,29-,30-/m0/s1. The van der Waals surface area contributed by atoms with Gasteiger partial charge in [0.05, 0.1) is 23.2 Å². The molecule has 3 fully saturated rings. The van der Waals surface area contributed by atoms with Gasteiger partial charge in [-0.3, -0.25) is 9.59 Å². The van der Waals surface area contributed by atoms with E-state index in [-0.39, 0.29) is 35.7 Å². The first-order valence-electron chi connectivity index (χ1n) is 13.6. The van der Waals surface area contributed by atoms with E-state index in [4.69, 9.17) is 14.2 Å². The molecular formula is C30H38O7. The van der Waals surface area contributed by atoms with Crippen LogP contribution in [-0.4, -0.2) is 57.3 Å². The predicted molar refractivity (Wildman–Crippen MR) is 135 cm³/mol. The van der Waals surface area contributed by atoms with E-state index in [1.807, 2.05) is 13.0 Å². The van der Waals surface area contributed by atoms with Gasteiger partial charge in [-0.05, 0) is 81.1 Å². The average Bonchev–Trinajstić information content (AvgIpc) is 3.54. The molecule has 0 amide bonds. The van der Waals surface area contributed by atoms with Crippen molar-refractivity contribution in [2.75, 3.05) is 0 Å². The minimum absolute atomic E-state index is 0.1000. The summed E-state index contributed by atoms with van der Waals surface area (Å²) >= 11 is 0. The summed E-state index contributed by atoms with van der Waals surface area (Å²) in [5.74, 6) is 0.100. The van der Waals surface area contributed by atoms with E-state index in [1.54, 1.807) is 13.0 Å². The van der Waals surface area contributed by atoms with Crippen molar-refractivity contribution in [2.24, 2.45) is 11.3 Å². The van der Waals surface area contributed by atoms with Crippen LogP contribution in [0.1, 0.15) is 88.8 Å².